The van der Waals surface area contributed by atoms with Crippen molar-refractivity contribution < 1.29 is 8.42 Å². The Hall–Kier alpha value is -0.810. The van der Waals surface area contributed by atoms with Gasteiger partial charge in [0.2, 0.25) is 10.0 Å². The molecule has 70 valence electrons. The highest BCUT2D eigenvalue weighted by molar-refractivity contribution is 7.89. The van der Waals surface area contributed by atoms with Crippen LogP contribution in [0.3, 0.4) is 0 Å². The molecule has 0 aromatic heterocycles. The van der Waals surface area contributed by atoms with E-state index in [9.17, 15) is 8.42 Å². The van der Waals surface area contributed by atoms with Gasteiger partial charge in [-0.15, -0.1) is 0 Å². The quantitative estimate of drug-likeness (QED) is 0.618. The fourth-order valence-electron chi connectivity index (χ4n) is 0.727. The summed E-state index contributed by atoms with van der Waals surface area (Å²) in [5.74, 6) is -0.151. The van der Waals surface area contributed by atoms with E-state index in [0.29, 0.717) is 11.3 Å². The monoisotopic (exact) mass is 190 g/mol. The molecule has 4 N–H and O–H groups in total. The minimum atomic E-state index is -3.43. The molecule has 0 aromatic rings. The Morgan fingerprint density at radius 1 is 1.50 bits per heavy atom. The second-order valence-corrected chi connectivity index (χ2v) is 4.20. The van der Waals surface area contributed by atoms with E-state index in [1.165, 1.54) is 0 Å². The van der Waals surface area contributed by atoms with Crippen molar-refractivity contribution in [3.63, 3.8) is 0 Å². The zero-order valence-corrected chi connectivity index (χ0v) is 8.06. The van der Waals surface area contributed by atoms with Gasteiger partial charge < -0.3 is 5.73 Å². The van der Waals surface area contributed by atoms with E-state index in [4.69, 9.17) is 10.9 Å². The van der Waals surface area contributed by atoms with Gasteiger partial charge in [-0.25, -0.2) is 13.6 Å². The maximum atomic E-state index is 10.6. The average molecular weight is 190 g/mol. The largest absolute Gasteiger partial charge is 0.399 e. The third kappa shape index (κ3) is 5.94. The number of rotatable bonds is 3. The predicted molar refractivity (Wildman–Crippen MR) is 49.7 cm³/mol. The van der Waals surface area contributed by atoms with Crippen molar-refractivity contribution in [3.05, 3.63) is 23.4 Å². The minimum absolute atomic E-state index is 0.151. The van der Waals surface area contributed by atoms with Crippen LogP contribution in [-0.2, 0) is 10.0 Å². The van der Waals surface area contributed by atoms with Crippen LogP contribution in [-0.4, -0.2) is 14.2 Å². The highest BCUT2D eigenvalue weighted by Gasteiger charge is 2.02. The van der Waals surface area contributed by atoms with Gasteiger partial charge in [-0.2, -0.15) is 0 Å². The molecule has 12 heavy (non-hydrogen) atoms. The van der Waals surface area contributed by atoms with Crippen molar-refractivity contribution in [2.24, 2.45) is 10.9 Å². The summed E-state index contributed by atoms with van der Waals surface area (Å²) in [7, 11) is -3.43. The van der Waals surface area contributed by atoms with Crippen LogP contribution in [0.1, 0.15) is 13.8 Å². The lowest BCUT2D eigenvalue weighted by atomic mass is 10.3. The highest BCUT2D eigenvalue weighted by Crippen LogP contribution is 1.99. The first-order valence-corrected chi connectivity index (χ1v) is 5.16. The number of hydrogen-bond donors (Lipinski definition) is 2. The van der Waals surface area contributed by atoms with Crippen LogP contribution in [0.25, 0.3) is 0 Å². The first kappa shape index (κ1) is 11.2. The molecule has 4 nitrogen and oxygen atoms in total. The second kappa shape index (κ2) is 4.27. The van der Waals surface area contributed by atoms with Gasteiger partial charge >= 0.3 is 0 Å². The maximum Gasteiger partial charge on any atom is 0.212 e. The zero-order chi connectivity index (χ0) is 9.78. The zero-order valence-electron chi connectivity index (χ0n) is 7.24. The molecule has 0 aliphatic heterocycles. The molecular weight excluding hydrogens is 176 g/mol. The van der Waals surface area contributed by atoms with Crippen molar-refractivity contribution in [3.8, 4) is 0 Å². The van der Waals surface area contributed by atoms with Crippen molar-refractivity contribution in [1.82, 2.24) is 0 Å². The van der Waals surface area contributed by atoms with Crippen LogP contribution in [0.5, 0.6) is 0 Å². The van der Waals surface area contributed by atoms with E-state index in [1.807, 2.05) is 0 Å². The third-order valence-electron chi connectivity index (χ3n) is 1.18. The van der Waals surface area contributed by atoms with Crippen molar-refractivity contribution in [1.29, 1.82) is 0 Å². The van der Waals surface area contributed by atoms with Crippen molar-refractivity contribution in [2.45, 2.75) is 13.8 Å². The molecule has 0 saturated heterocycles. The van der Waals surface area contributed by atoms with E-state index in [-0.39, 0.29) is 5.75 Å². The standard InChI is InChI=1S/C7H14N2O2S/c1-3-7(8)4-6(2)5-12(9,10)11/h3-4H,5,8H2,1-2H3,(H2,9,10,11)/b6-4+,7-3+. The van der Waals surface area contributed by atoms with Crippen LogP contribution in [0.2, 0.25) is 0 Å². The molecule has 0 fully saturated rings. The van der Waals surface area contributed by atoms with E-state index in [1.54, 1.807) is 26.0 Å². The van der Waals surface area contributed by atoms with Crippen LogP contribution in [0, 0.1) is 0 Å². The molecule has 0 rings (SSSR count). The summed E-state index contributed by atoms with van der Waals surface area (Å²) in [6.07, 6.45) is 3.27. The van der Waals surface area contributed by atoms with Gasteiger partial charge in [0.1, 0.15) is 0 Å². The maximum absolute atomic E-state index is 10.6. The first-order chi connectivity index (χ1) is 5.35. The Morgan fingerprint density at radius 2 is 2.00 bits per heavy atom. The number of allylic oxidation sites excluding steroid dienone is 2. The van der Waals surface area contributed by atoms with E-state index in [2.05, 4.69) is 0 Å². The summed E-state index contributed by atoms with van der Waals surface area (Å²) in [4.78, 5) is 0. The molecule has 5 heteroatoms. The molecule has 0 aliphatic carbocycles. The molecule has 0 radical (unpaired) electrons. The van der Waals surface area contributed by atoms with Gasteiger partial charge in [0.25, 0.3) is 0 Å². The molecule has 0 aliphatic rings. The van der Waals surface area contributed by atoms with Crippen LogP contribution in [0.4, 0.5) is 0 Å². The lowest BCUT2D eigenvalue weighted by molar-refractivity contribution is 0.600. The summed E-state index contributed by atoms with van der Waals surface area (Å²) in [5, 5.41) is 4.82. The highest BCUT2D eigenvalue weighted by atomic mass is 32.2. The molecule has 0 amide bonds. The molecule has 0 bridgehead atoms. The number of nitrogens with two attached hydrogens (primary N) is 2. The predicted octanol–water partition coefficient (Wildman–Crippen LogP) is 0.0837. The SMILES string of the molecule is C/C=C(N)\C=C(/C)CS(N)(=O)=O. The Balaban J connectivity index is 4.43. The molecular formula is C7H14N2O2S. The summed E-state index contributed by atoms with van der Waals surface area (Å²) in [5.41, 5.74) is 6.61. The Labute approximate surface area is 73.0 Å². The van der Waals surface area contributed by atoms with Gasteiger partial charge in [-0.1, -0.05) is 11.6 Å². The molecule has 0 atom stereocenters. The normalized spacial score (nSPS) is 14.9. The second-order valence-electron chi connectivity index (χ2n) is 2.59. The molecule has 0 unspecified atom stereocenters. The number of primary sulfonamides is 1. The van der Waals surface area contributed by atoms with E-state index < -0.39 is 10.0 Å². The fraction of sp³-hybridized carbons (Fsp3) is 0.429. The molecule has 0 spiro atoms. The minimum Gasteiger partial charge on any atom is -0.399 e. The van der Waals surface area contributed by atoms with Crippen molar-refractivity contribution >= 4 is 10.0 Å². The van der Waals surface area contributed by atoms with Gasteiger partial charge in [-0.05, 0) is 19.9 Å². The third-order valence-corrected chi connectivity index (χ3v) is 2.03. The summed E-state index contributed by atoms with van der Waals surface area (Å²) < 4.78 is 21.2. The summed E-state index contributed by atoms with van der Waals surface area (Å²) in [6.45, 7) is 3.44. The molecule has 0 heterocycles. The number of sulfonamides is 1. The smallest absolute Gasteiger partial charge is 0.212 e. The van der Waals surface area contributed by atoms with Crippen molar-refractivity contribution in [2.75, 3.05) is 5.75 Å². The van der Waals surface area contributed by atoms with Gasteiger partial charge in [0.15, 0.2) is 0 Å². The fourth-order valence-corrected chi connectivity index (χ4v) is 1.44. The van der Waals surface area contributed by atoms with Crippen LogP contribution >= 0.6 is 0 Å². The van der Waals surface area contributed by atoms with Gasteiger partial charge in [0, 0.05) is 5.70 Å². The van der Waals surface area contributed by atoms with Crippen LogP contribution in [0.15, 0.2) is 23.4 Å². The molecule has 0 aromatic carbocycles. The van der Waals surface area contributed by atoms with Crippen LogP contribution < -0.4 is 10.9 Å². The summed E-state index contributed by atoms with van der Waals surface area (Å²) >= 11 is 0. The van der Waals surface area contributed by atoms with Gasteiger partial charge in [-0.3, -0.25) is 0 Å². The van der Waals surface area contributed by atoms with E-state index >= 15 is 0 Å². The first-order valence-electron chi connectivity index (χ1n) is 3.44. The lowest BCUT2D eigenvalue weighted by Gasteiger charge is -1.98. The topological polar surface area (TPSA) is 86.2 Å². The molecule has 0 saturated carbocycles. The Bertz CT molecular complexity index is 301. The Kier molecular flexibility index (Phi) is 3.99. The summed E-state index contributed by atoms with van der Waals surface area (Å²) in [6, 6.07) is 0. The van der Waals surface area contributed by atoms with Gasteiger partial charge in [0.05, 0.1) is 5.75 Å². The van der Waals surface area contributed by atoms with E-state index in [0.717, 1.165) is 0 Å². The lowest BCUT2D eigenvalue weighted by Crippen LogP contribution is -2.17. The Morgan fingerprint density at radius 3 is 2.33 bits per heavy atom. The average Bonchev–Trinajstić information content (AvgIpc) is 1.82. The number of hydrogen-bond acceptors (Lipinski definition) is 3.